The van der Waals surface area contributed by atoms with Crippen molar-refractivity contribution < 1.29 is 14.0 Å². The number of benzene rings is 2. The zero-order chi connectivity index (χ0) is 30.5. The number of carbonyl (C=O) groups excluding carboxylic acids is 1. The van der Waals surface area contributed by atoms with Crippen LogP contribution in [0.3, 0.4) is 0 Å². The topological polar surface area (TPSA) is 84.5 Å². The number of hydrogen-bond donors (Lipinski definition) is 1. The van der Waals surface area contributed by atoms with Crippen LogP contribution >= 0.6 is 0 Å². The fraction of sp³-hybridized carbons (Fsp3) is 0.500. The lowest BCUT2D eigenvalue weighted by Gasteiger charge is -2.37. The first kappa shape index (κ1) is 31.7. The number of carbonyl (C=O) groups is 1. The van der Waals surface area contributed by atoms with Crippen LogP contribution in [0.4, 0.5) is 0 Å². The quantitative estimate of drug-likeness (QED) is 0.238. The van der Waals surface area contributed by atoms with Gasteiger partial charge in [-0.25, -0.2) is 4.98 Å². The summed E-state index contributed by atoms with van der Waals surface area (Å²) < 4.78 is 12.5. The zero-order valence-corrected chi connectivity index (χ0v) is 27.3. The third-order valence-electron chi connectivity index (χ3n) is 8.90. The van der Waals surface area contributed by atoms with Gasteiger partial charge in [-0.2, -0.15) is 0 Å². The molecule has 2 atom stereocenters. The fourth-order valence-electron chi connectivity index (χ4n) is 5.40. The molecule has 1 amide bonds. The molecule has 1 aliphatic carbocycles. The number of aromatic amines is 1. The maximum Gasteiger partial charge on any atom is 0.294 e. The Morgan fingerprint density at radius 1 is 1.02 bits per heavy atom. The van der Waals surface area contributed by atoms with Gasteiger partial charge in [0.1, 0.15) is 12.4 Å². The Labute approximate surface area is 251 Å². The molecular formula is C34H47N3O4Si. The van der Waals surface area contributed by atoms with Gasteiger partial charge in [-0.15, -0.1) is 0 Å². The Hall–Kier alpha value is -3.23. The molecule has 1 fully saturated rings. The molecule has 226 valence electrons. The highest BCUT2D eigenvalue weighted by Crippen LogP contribution is 2.44. The zero-order valence-electron chi connectivity index (χ0n) is 26.3. The lowest BCUT2D eigenvalue weighted by molar-refractivity contribution is 0.0657. The van der Waals surface area contributed by atoms with Crippen LogP contribution < -0.4 is 10.3 Å². The second-order valence-corrected chi connectivity index (χ2v) is 18.0. The minimum atomic E-state index is -1.99. The Balaban J connectivity index is 1.68. The largest absolute Gasteiger partial charge is 0.481 e. The van der Waals surface area contributed by atoms with Gasteiger partial charge in [0, 0.05) is 18.5 Å². The Bertz CT molecular complexity index is 1380. The van der Waals surface area contributed by atoms with E-state index < -0.39 is 13.9 Å². The van der Waals surface area contributed by atoms with E-state index in [0.717, 1.165) is 24.8 Å². The summed E-state index contributed by atoms with van der Waals surface area (Å²) in [6, 6.07) is 19.9. The molecule has 2 aromatic carbocycles. The predicted octanol–water partition coefficient (Wildman–Crippen LogP) is 7.27. The van der Waals surface area contributed by atoms with E-state index in [1.165, 1.54) is 5.56 Å². The number of nitrogens with one attached hydrogen (secondary N) is 1. The van der Waals surface area contributed by atoms with Gasteiger partial charge in [0.15, 0.2) is 14.0 Å². The van der Waals surface area contributed by atoms with E-state index in [2.05, 4.69) is 51.0 Å². The molecule has 3 aromatic rings. The maximum atomic E-state index is 14.2. The normalized spacial score (nSPS) is 17.4. The molecule has 0 aliphatic heterocycles. The minimum absolute atomic E-state index is 0.0178. The van der Waals surface area contributed by atoms with Crippen molar-refractivity contribution in [3.8, 4) is 5.75 Å². The highest BCUT2D eigenvalue weighted by Gasteiger charge is 2.38. The van der Waals surface area contributed by atoms with Crippen molar-refractivity contribution in [3.63, 3.8) is 0 Å². The van der Waals surface area contributed by atoms with Gasteiger partial charge in [0.2, 0.25) is 5.75 Å². The van der Waals surface area contributed by atoms with E-state index in [9.17, 15) is 9.59 Å². The molecule has 4 rings (SSSR count). The first-order valence-electron chi connectivity index (χ1n) is 15.2. The van der Waals surface area contributed by atoms with E-state index in [1.54, 1.807) is 4.90 Å². The van der Waals surface area contributed by atoms with Crippen molar-refractivity contribution in [2.24, 2.45) is 0 Å². The molecule has 0 bridgehead atoms. The van der Waals surface area contributed by atoms with Gasteiger partial charge in [0.25, 0.3) is 11.5 Å². The van der Waals surface area contributed by atoms with E-state index in [0.29, 0.717) is 19.0 Å². The Morgan fingerprint density at radius 3 is 2.26 bits per heavy atom. The van der Waals surface area contributed by atoms with Crippen LogP contribution in [-0.2, 0) is 11.0 Å². The monoisotopic (exact) mass is 589 g/mol. The summed E-state index contributed by atoms with van der Waals surface area (Å²) in [4.78, 5) is 37.5. The lowest BCUT2D eigenvalue weighted by atomic mass is 9.88. The number of H-pyrrole nitrogens is 1. The summed E-state index contributed by atoms with van der Waals surface area (Å²) in [5.41, 5.74) is 1.79. The first-order valence-corrected chi connectivity index (χ1v) is 18.1. The lowest BCUT2D eigenvalue weighted by Crippen LogP contribution is -2.45. The third-order valence-corrected chi connectivity index (χ3v) is 13.4. The number of hydrogen-bond acceptors (Lipinski definition) is 5. The Morgan fingerprint density at radius 2 is 1.64 bits per heavy atom. The standard InChI is InChI=1S/C34H47N3O4Si/c1-24(2)37(21-22-41-42(6,7)34(3,4)5)33(39)29-30(40-23-25-15-10-8-11-16-25)32(38)36-31(35-29)28-20-14-19-27(28)26-17-12-9-13-18-26/h8-13,15-18,24,27-28H,14,19-23H2,1-7H3,(H,35,36,38)/t27-,28-/m1/s1. The molecular weight excluding hydrogens is 542 g/mol. The first-order chi connectivity index (χ1) is 19.9. The van der Waals surface area contributed by atoms with Crippen LogP contribution in [0.5, 0.6) is 5.75 Å². The average molecular weight is 590 g/mol. The van der Waals surface area contributed by atoms with Crippen LogP contribution in [-0.4, -0.2) is 48.3 Å². The SMILES string of the molecule is CC(C)N(CCO[Si](C)(C)C(C)(C)C)C(=O)c1nc([C@@H]2CCC[C@@H]2c2ccccc2)[nH]c(=O)c1OCc1ccccc1. The van der Waals surface area contributed by atoms with E-state index in [1.807, 2.05) is 62.4 Å². The molecule has 7 nitrogen and oxygen atoms in total. The number of nitrogens with zero attached hydrogens (tertiary/aromatic N) is 2. The summed E-state index contributed by atoms with van der Waals surface area (Å²) in [5, 5.41) is 0.0673. The van der Waals surface area contributed by atoms with Gasteiger partial charge < -0.3 is 19.0 Å². The molecule has 1 N–H and O–H groups in total. The van der Waals surface area contributed by atoms with Crippen molar-refractivity contribution in [2.45, 2.75) is 96.5 Å². The van der Waals surface area contributed by atoms with Crippen LogP contribution in [0.1, 0.15) is 93.2 Å². The van der Waals surface area contributed by atoms with Crippen LogP contribution in [0, 0.1) is 0 Å². The molecule has 0 radical (unpaired) electrons. The molecule has 0 saturated heterocycles. The molecule has 1 aromatic heterocycles. The molecule has 1 aliphatic rings. The van der Waals surface area contributed by atoms with Crippen LogP contribution in [0.15, 0.2) is 65.5 Å². The summed E-state index contributed by atoms with van der Waals surface area (Å²) in [6.07, 6.45) is 2.94. The average Bonchev–Trinajstić information content (AvgIpc) is 3.44. The highest BCUT2D eigenvalue weighted by molar-refractivity contribution is 6.74. The summed E-state index contributed by atoms with van der Waals surface area (Å²) >= 11 is 0. The van der Waals surface area contributed by atoms with Gasteiger partial charge in [-0.05, 0) is 61.9 Å². The minimum Gasteiger partial charge on any atom is -0.481 e. The molecule has 8 heteroatoms. The van der Waals surface area contributed by atoms with Gasteiger partial charge in [0.05, 0.1) is 6.61 Å². The second-order valence-electron chi connectivity index (χ2n) is 13.2. The van der Waals surface area contributed by atoms with Gasteiger partial charge in [-0.3, -0.25) is 9.59 Å². The number of rotatable bonds is 11. The maximum absolute atomic E-state index is 14.2. The van der Waals surface area contributed by atoms with Crippen molar-refractivity contribution in [3.05, 3.63) is 93.7 Å². The second kappa shape index (κ2) is 13.4. The highest BCUT2D eigenvalue weighted by atomic mass is 28.4. The van der Waals surface area contributed by atoms with E-state index >= 15 is 0 Å². The van der Waals surface area contributed by atoms with Gasteiger partial charge in [-0.1, -0.05) is 87.9 Å². The fourth-order valence-corrected chi connectivity index (χ4v) is 6.43. The molecule has 0 unspecified atom stereocenters. The van der Waals surface area contributed by atoms with Crippen molar-refractivity contribution >= 4 is 14.2 Å². The number of aromatic nitrogens is 2. The van der Waals surface area contributed by atoms with Gasteiger partial charge >= 0.3 is 0 Å². The van der Waals surface area contributed by atoms with Crippen LogP contribution in [0.2, 0.25) is 18.1 Å². The molecule has 1 heterocycles. The molecule has 0 spiro atoms. The molecule has 1 saturated carbocycles. The number of ether oxygens (including phenoxy) is 1. The van der Waals surface area contributed by atoms with Crippen molar-refractivity contribution in [1.29, 1.82) is 0 Å². The summed E-state index contributed by atoms with van der Waals surface area (Å²) in [5.74, 6) is 0.464. The smallest absolute Gasteiger partial charge is 0.294 e. The third kappa shape index (κ3) is 7.39. The summed E-state index contributed by atoms with van der Waals surface area (Å²) in [6.45, 7) is 16.0. The van der Waals surface area contributed by atoms with Crippen molar-refractivity contribution in [2.75, 3.05) is 13.2 Å². The predicted molar refractivity (Wildman–Crippen MR) is 171 cm³/mol. The van der Waals surface area contributed by atoms with E-state index in [-0.39, 0.29) is 46.9 Å². The van der Waals surface area contributed by atoms with E-state index in [4.69, 9.17) is 14.1 Å². The van der Waals surface area contributed by atoms with Crippen LogP contribution in [0.25, 0.3) is 0 Å². The van der Waals surface area contributed by atoms with Crippen molar-refractivity contribution in [1.82, 2.24) is 14.9 Å². The summed E-state index contributed by atoms with van der Waals surface area (Å²) in [7, 11) is -1.99. The number of amides is 1. The Kier molecular flexibility index (Phi) is 10.1. The molecule has 42 heavy (non-hydrogen) atoms.